The van der Waals surface area contributed by atoms with Gasteiger partial charge in [0.25, 0.3) is 5.91 Å². The summed E-state index contributed by atoms with van der Waals surface area (Å²) in [6, 6.07) is 14.4. The summed E-state index contributed by atoms with van der Waals surface area (Å²) in [7, 11) is 3.17. The molecular weight excluding hydrogens is 294 g/mol. The van der Waals surface area contributed by atoms with E-state index in [1.807, 2.05) is 31.2 Å². The third kappa shape index (κ3) is 4.64. The lowest BCUT2D eigenvalue weighted by atomic mass is 10.2. The fourth-order valence-corrected chi connectivity index (χ4v) is 2.08. The standard InChI is InChI=1S/C18H21NO4/c1-4-17(23-16-10-6-9-15(12-16)22-3)18(20)19-13-7-5-8-14(11-13)21-2/h5-12,17H,4H2,1-3H3,(H,19,20)/t17-/m0/s1. The minimum atomic E-state index is -0.590. The van der Waals surface area contributed by atoms with Gasteiger partial charge in [0.2, 0.25) is 0 Å². The number of carbonyl (C=O) groups is 1. The van der Waals surface area contributed by atoms with Gasteiger partial charge >= 0.3 is 0 Å². The van der Waals surface area contributed by atoms with Crippen LogP contribution in [0.15, 0.2) is 48.5 Å². The monoisotopic (exact) mass is 315 g/mol. The number of benzene rings is 2. The first-order valence-corrected chi connectivity index (χ1v) is 7.42. The second-order valence-electron chi connectivity index (χ2n) is 4.91. The predicted molar refractivity (Wildman–Crippen MR) is 89.3 cm³/mol. The van der Waals surface area contributed by atoms with E-state index in [-0.39, 0.29) is 5.91 Å². The summed E-state index contributed by atoms with van der Waals surface area (Å²) in [4.78, 5) is 12.4. The Labute approximate surface area is 136 Å². The Hall–Kier alpha value is -2.69. The van der Waals surface area contributed by atoms with Crippen LogP contribution in [-0.4, -0.2) is 26.2 Å². The Bertz CT molecular complexity index is 657. The van der Waals surface area contributed by atoms with Gasteiger partial charge < -0.3 is 19.5 Å². The van der Waals surface area contributed by atoms with Crippen LogP contribution in [0.5, 0.6) is 17.2 Å². The SMILES string of the molecule is CC[C@H](Oc1cccc(OC)c1)C(=O)Nc1cccc(OC)c1. The van der Waals surface area contributed by atoms with E-state index in [1.54, 1.807) is 38.5 Å². The Morgan fingerprint density at radius 3 is 2.26 bits per heavy atom. The Morgan fingerprint density at radius 2 is 1.61 bits per heavy atom. The third-order valence-corrected chi connectivity index (χ3v) is 3.32. The number of ether oxygens (including phenoxy) is 3. The van der Waals surface area contributed by atoms with Crippen LogP contribution in [0.1, 0.15) is 13.3 Å². The lowest BCUT2D eigenvalue weighted by molar-refractivity contribution is -0.122. The van der Waals surface area contributed by atoms with E-state index in [9.17, 15) is 4.79 Å². The highest BCUT2D eigenvalue weighted by Crippen LogP contribution is 2.22. The fourth-order valence-electron chi connectivity index (χ4n) is 2.08. The van der Waals surface area contributed by atoms with Crippen molar-refractivity contribution in [1.82, 2.24) is 0 Å². The zero-order valence-corrected chi connectivity index (χ0v) is 13.5. The molecule has 1 N–H and O–H groups in total. The first-order valence-electron chi connectivity index (χ1n) is 7.42. The van der Waals surface area contributed by atoms with Gasteiger partial charge in [-0.05, 0) is 30.7 Å². The molecule has 0 saturated heterocycles. The normalized spacial score (nSPS) is 11.4. The molecule has 2 rings (SSSR count). The van der Waals surface area contributed by atoms with Crippen LogP contribution in [-0.2, 0) is 4.79 Å². The van der Waals surface area contributed by atoms with E-state index >= 15 is 0 Å². The van der Waals surface area contributed by atoms with Crippen molar-refractivity contribution in [2.45, 2.75) is 19.4 Å². The molecule has 0 spiro atoms. The quantitative estimate of drug-likeness (QED) is 0.849. The van der Waals surface area contributed by atoms with Crippen molar-refractivity contribution < 1.29 is 19.0 Å². The molecule has 5 heteroatoms. The fraction of sp³-hybridized carbons (Fsp3) is 0.278. The molecule has 0 heterocycles. The van der Waals surface area contributed by atoms with Crippen LogP contribution < -0.4 is 19.5 Å². The summed E-state index contributed by atoms with van der Waals surface area (Å²) < 4.78 is 16.1. The number of nitrogens with one attached hydrogen (secondary N) is 1. The lowest BCUT2D eigenvalue weighted by Crippen LogP contribution is -2.32. The molecule has 1 atom stereocenters. The first kappa shape index (κ1) is 16.7. The van der Waals surface area contributed by atoms with Crippen LogP contribution in [0.4, 0.5) is 5.69 Å². The van der Waals surface area contributed by atoms with Crippen molar-refractivity contribution in [2.24, 2.45) is 0 Å². The van der Waals surface area contributed by atoms with Gasteiger partial charge in [-0.2, -0.15) is 0 Å². The van der Waals surface area contributed by atoms with Gasteiger partial charge in [-0.1, -0.05) is 19.1 Å². The number of methoxy groups -OCH3 is 2. The highest BCUT2D eigenvalue weighted by atomic mass is 16.5. The molecule has 2 aromatic rings. The molecule has 122 valence electrons. The molecular formula is C18H21NO4. The van der Waals surface area contributed by atoms with Gasteiger partial charge in [0.05, 0.1) is 14.2 Å². The van der Waals surface area contributed by atoms with Crippen molar-refractivity contribution >= 4 is 11.6 Å². The molecule has 1 amide bonds. The smallest absolute Gasteiger partial charge is 0.265 e. The second kappa shape index (κ2) is 8.08. The van der Waals surface area contributed by atoms with Crippen molar-refractivity contribution in [2.75, 3.05) is 19.5 Å². The molecule has 0 fully saturated rings. The zero-order chi connectivity index (χ0) is 16.7. The minimum absolute atomic E-state index is 0.205. The van der Waals surface area contributed by atoms with Crippen molar-refractivity contribution in [1.29, 1.82) is 0 Å². The second-order valence-corrected chi connectivity index (χ2v) is 4.91. The molecule has 0 aliphatic heterocycles. The predicted octanol–water partition coefficient (Wildman–Crippen LogP) is 3.50. The van der Waals surface area contributed by atoms with Crippen molar-refractivity contribution in [3.8, 4) is 17.2 Å². The summed E-state index contributed by atoms with van der Waals surface area (Å²) in [5, 5.41) is 2.84. The van der Waals surface area contributed by atoms with E-state index in [4.69, 9.17) is 14.2 Å². The van der Waals surface area contributed by atoms with Crippen molar-refractivity contribution in [3.05, 3.63) is 48.5 Å². The largest absolute Gasteiger partial charge is 0.497 e. The molecule has 5 nitrogen and oxygen atoms in total. The summed E-state index contributed by atoms with van der Waals surface area (Å²) in [5.74, 6) is 1.76. The molecule has 0 aliphatic rings. The van der Waals surface area contributed by atoms with Gasteiger partial charge in [-0.25, -0.2) is 0 Å². The summed E-state index contributed by atoms with van der Waals surface area (Å²) in [6.45, 7) is 1.90. The zero-order valence-electron chi connectivity index (χ0n) is 13.5. The highest BCUT2D eigenvalue weighted by molar-refractivity contribution is 5.94. The molecule has 0 saturated carbocycles. The molecule has 0 aromatic heterocycles. The molecule has 0 radical (unpaired) electrons. The molecule has 23 heavy (non-hydrogen) atoms. The molecule has 2 aromatic carbocycles. The molecule has 0 bridgehead atoms. The Balaban J connectivity index is 2.05. The van der Waals surface area contributed by atoms with Gasteiger partial charge in [-0.15, -0.1) is 0 Å². The minimum Gasteiger partial charge on any atom is -0.497 e. The number of anilines is 1. The summed E-state index contributed by atoms with van der Waals surface area (Å²) >= 11 is 0. The average Bonchev–Trinajstić information content (AvgIpc) is 2.59. The van der Waals surface area contributed by atoms with E-state index in [0.717, 1.165) is 0 Å². The van der Waals surface area contributed by atoms with Gasteiger partial charge in [0, 0.05) is 17.8 Å². The number of hydrogen-bond acceptors (Lipinski definition) is 4. The Morgan fingerprint density at radius 1 is 1.00 bits per heavy atom. The van der Waals surface area contributed by atoms with E-state index < -0.39 is 6.10 Å². The maximum atomic E-state index is 12.4. The third-order valence-electron chi connectivity index (χ3n) is 3.32. The van der Waals surface area contributed by atoms with Gasteiger partial charge in [0.1, 0.15) is 17.2 Å². The highest BCUT2D eigenvalue weighted by Gasteiger charge is 2.19. The lowest BCUT2D eigenvalue weighted by Gasteiger charge is -2.18. The number of rotatable bonds is 7. The van der Waals surface area contributed by atoms with Crippen LogP contribution in [0, 0.1) is 0 Å². The van der Waals surface area contributed by atoms with Gasteiger partial charge in [-0.3, -0.25) is 4.79 Å². The molecule has 0 unspecified atom stereocenters. The van der Waals surface area contributed by atoms with Crippen LogP contribution >= 0.6 is 0 Å². The number of amides is 1. The number of hydrogen-bond donors (Lipinski definition) is 1. The van der Waals surface area contributed by atoms with E-state index in [0.29, 0.717) is 29.4 Å². The molecule has 0 aliphatic carbocycles. The number of carbonyl (C=O) groups excluding carboxylic acids is 1. The van der Waals surface area contributed by atoms with Crippen LogP contribution in [0.3, 0.4) is 0 Å². The maximum Gasteiger partial charge on any atom is 0.265 e. The topological polar surface area (TPSA) is 56.8 Å². The van der Waals surface area contributed by atoms with E-state index in [1.165, 1.54) is 0 Å². The van der Waals surface area contributed by atoms with Gasteiger partial charge in [0.15, 0.2) is 6.10 Å². The van der Waals surface area contributed by atoms with Crippen LogP contribution in [0.25, 0.3) is 0 Å². The van der Waals surface area contributed by atoms with E-state index in [2.05, 4.69) is 5.32 Å². The Kier molecular flexibility index (Phi) is 5.86. The summed E-state index contributed by atoms with van der Waals surface area (Å²) in [5.41, 5.74) is 0.669. The van der Waals surface area contributed by atoms with Crippen LogP contribution in [0.2, 0.25) is 0 Å². The van der Waals surface area contributed by atoms with Crippen molar-refractivity contribution in [3.63, 3.8) is 0 Å². The maximum absolute atomic E-state index is 12.4. The first-order chi connectivity index (χ1) is 11.2. The summed E-state index contributed by atoms with van der Waals surface area (Å²) in [6.07, 6.45) is -0.0409. The average molecular weight is 315 g/mol.